The number of halogens is 4. The maximum atomic E-state index is 14.3. The Balaban J connectivity index is 2.37. The topological polar surface area (TPSA) is 17.8 Å². The minimum atomic E-state index is -0.474. The molecule has 1 aromatic heterocycles. The van der Waals surface area contributed by atoms with E-state index >= 15 is 0 Å². The monoisotopic (exact) mass is 420 g/mol. The number of benzene rings is 2. The van der Waals surface area contributed by atoms with Crippen LogP contribution >= 0.6 is 45.8 Å². The minimum absolute atomic E-state index is 0.0791. The van der Waals surface area contributed by atoms with Crippen molar-refractivity contribution in [1.82, 2.24) is 9.55 Å². The standard InChI is InChI=1S/C14H8Cl2FIN2/c15-7-13-19-10-6-8(18)4-5-11(10)20(13)12-3-1-2-9(16)14(12)17/h1-6H,7H2. The van der Waals surface area contributed by atoms with Gasteiger partial charge in [-0.15, -0.1) is 11.6 Å². The van der Waals surface area contributed by atoms with Crippen molar-refractivity contribution in [3.8, 4) is 5.69 Å². The average molecular weight is 421 g/mol. The summed E-state index contributed by atoms with van der Waals surface area (Å²) in [4.78, 5) is 4.46. The summed E-state index contributed by atoms with van der Waals surface area (Å²) in [7, 11) is 0. The second kappa shape index (κ2) is 5.50. The van der Waals surface area contributed by atoms with Crippen LogP contribution in [-0.2, 0) is 5.88 Å². The molecule has 3 aromatic rings. The summed E-state index contributed by atoms with van der Waals surface area (Å²) >= 11 is 14.0. The fourth-order valence-corrected chi connectivity index (χ4v) is 2.95. The van der Waals surface area contributed by atoms with Crippen LogP contribution in [0.3, 0.4) is 0 Å². The first-order valence-corrected chi connectivity index (χ1v) is 7.78. The Labute approximate surface area is 138 Å². The predicted molar refractivity (Wildman–Crippen MR) is 88.3 cm³/mol. The molecule has 0 N–H and O–H groups in total. The molecular weight excluding hydrogens is 413 g/mol. The van der Waals surface area contributed by atoms with Crippen molar-refractivity contribution in [2.45, 2.75) is 5.88 Å². The Hall–Kier alpha value is -0.850. The normalized spacial score (nSPS) is 11.2. The van der Waals surface area contributed by atoms with Crippen LogP contribution in [0, 0.1) is 9.39 Å². The first-order valence-electron chi connectivity index (χ1n) is 5.79. The second-order valence-electron chi connectivity index (χ2n) is 4.20. The third kappa shape index (κ3) is 2.29. The molecule has 0 fully saturated rings. The van der Waals surface area contributed by atoms with E-state index in [-0.39, 0.29) is 10.9 Å². The zero-order valence-corrected chi connectivity index (χ0v) is 13.7. The van der Waals surface area contributed by atoms with Crippen molar-refractivity contribution in [2.75, 3.05) is 0 Å². The molecule has 6 heteroatoms. The molecular formula is C14H8Cl2FIN2. The molecule has 2 aromatic carbocycles. The number of fused-ring (bicyclic) bond motifs is 1. The molecule has 0 bridgehead atoms. The van der Waals surface area contributed by atoms with E-state index in [0.29, 0.717) is 11.5 Å². The first kappa shape index (κ1) is 14.1. The van der Waals surface area contributed by atoms with Crippen LogP contribution in [0.15, 0.2) is 36.4 Å². The number of alkyl halides is 1. The van der Waals surface area contributed by atoms with Crippen LogP contribution in [0.2, 0.25) is 5.02 Å². The highest BCUT2D eigenvalue weighted by Crippen LogP contribution is 2.28. The molecule has 0 radical (unpaired) electrons. The van der Waals surface area contributed by atoms with Gasteiger partial charge in [-0.2, -0.15) is 0 Å². The number of aromatic nitrogens is 2. The maximum absolute atomic E-state index is 14.3. The lowest BCUT2D eigenvalue weighted by atomic mass is 10.2. The molecule has 0 saturated heterocycles. The fourth-order valence-electron chi connectivity index (χ4n) is 2.13. The molecule has 0 saturated carbocycles. The zero-order chi connectivity index (χ0) is 14.3. The van der Waals surface area contributed by atoms with Crippen molar-refractivity contribution in [2.24, 2.45) is 0 Å². The lowest BCUT2D eigenvalue weighted by Crippen LogP contribution is -2.02. The highest BCUT2D eigenvalue weighted by Gasteiger charge is 2.16. The summed E-state index contributed by atoms with van der Waals surface area (Å²) in [5.74, 6) is 0.306. The van der Waals surface area contributed by atoms with Gasteiger partial charge in [-0.25, -0.2) is 9.37 Å². The number of imidazole rings is 1. The largest absolute Gasteiger partial charge is 0.292 e. The van der Waals surface area contributed by atoms with Gasteiger partial charge in [-0.3, -0.25) is 4.57 Å². The number of hydrogen-bond donors (Lipinski definition) is 0. The van der Waals surface area contributed by atoms with Crippen LogP contribution < -0.4 is 0 Å². The molecule has 2 nitrogen and oxygen atoms in total. The summed E-state index contributed by atoms with van der Waals surface area (Å²) in [6, 6.07) is 10.7. The fraction of sp³-hybridized carbons (Fsp3) is 0.0714. The molecule has 0 unspecified atom stereocenters. The van der Waals surface area contributed by atoms with E-state index in [1.165, 1.54) is 6.07 Å². The Kier molecular flexibility index (Phi) is 3.88. The molecule has 20 heavy (non-hydrogen) atoms. The van der Waals surface area contributed by atoms with Gasteiger partial charge in [-0.05, 0) is 52.9 Å². The van der Waals surface area contributed by atoms with Crippen molar-refractivity contribution in [3.63, 3.8) is 0 Å². The number of hydrogen-bond acceptors (Lipinski definition) is 1. The Bertz CT molecular complexity index is 801. The molecule has 0 atom stereocenters. The molecule has 0 amide bonds. The SMILES string of the molecule is Fc1c(Cl)cccc1-n1c(CCl)nc2cc(I)ccc21. The molecule has 3 rings (SSSR count). The summed E-state index contributed by atoms with van der Waals surface area (Å²) < 4.78 is 17.0. The van der Waals surface area contributed by atoms with E-state index in [9.17, 15) is 4.39 Å². The Morgan fingerprint density at radius 3 is 2.80 bits per heavy atom. The van der Waals surface area contributed by atoms with Gasteiger partial charge in [0.1, 0.15) is 5.82 Å². The Morgan fingerprint density at radius 2 is 2.05 bits per heavy atom. The van der Waals surface area contributed by atoms with Gasteiger partial charge in [0, 0.05) is 3.57 Å². The molecule has 0 aliphatic carbocycles. The molecule has 0 aliphatic rings. The van der Waals surface area contributed by atoms with E-state index in [4.69, 9.17) is 23.2 Å². The average Bonchev–Trinajstić information content (AvgIpc) is 2.79. The van der Waals surface area contributed by atoms with Crippen LogP contribution in [0.1, 0.15) is 5.82 Å². The van der Waals surface area contributed by atoms with Crippen LogP contribution in [-0.4, -0.2) is 9.55 Å². The summed E-state index contributed by atoms with van der Waals surface area (Å²) in [6.45, 7) is 0. The van der Waals surface area contributed by atoms with Gasteiger partial charge in [0.2, 0.25) is 0 Å². The van der Waals surface area contributed by atoms with Gasteiger partial charge in [0.25, 0.3) is 0 Å². The highest BCUT2D eigenvalue weighted by molar-refractivity contribution is 14.1. The van der Waals surface area contributed by atoms with Crippen LogP contribution in [0.5, 0.6) is 0 Å². The highest BCUT2D eigenvalue weighted by atomic mass is 127. The predicted octanol–water partition coefficient (Wildman–Crippen LogP) is 5.16. The Morgan fingerprint density at radius 1 is 1.25 bits per heavy atom. The first-order chi connectivity index (χ1) is 9.61. The van der Waals surface area contributed by atoms with Crippen molar-refractivity contribution < 1.29 is 4.39 Å². The second-order valence-corrected chi connectivity index (χ2v) is 6.12. The van der Waals surface area contributed by atoms with Gasteiger partial charge in [0.05, 0.1) is 27.6 Å². The minimum Gasteiger partial charge on any atom is -0.292 e. The molecule has 102 valence electrons. The molecule has 0 spiro atoms. The van der Waals surface area contributed by atoms with E-state index in [2.05, 4.69) is 27.6 Å². The summed E-state index contributed by atoms with van der Waals surface area (Å²) in [6.07, 6.45) is 0. The van der Waals surface area contributed by atoms with Gasteiger partial charge < -0.3 is 0 Å². The number of rotatable bonds is 2. The lowest BCUT2D eigenvalue weighted by Gasteiger charge is -2.09. The lowest BCUT2D eigenvalue weighted by molar-refractivity contribution is 0.618. The molecule has 1 heterocycles. The van der Waals surface area contributed by atoms with Crippen molar-refractivity contribution in [1.29, 1.82) is 0 Å². The third-order valence-corrected chi connectivity index (χ3v) is 4.18. The third-order valence-electron chi connectivity index (χ3n) is 2.98. The van der Waals surface area contributed by atoms with E-state index in [1.807, 2.05) is 18.2 Å². The summed E-state index contributed by atoms with van der Waals surface area (Å²) in [5.41, 5.74) is 1.95. The summed E-state index contributed by atoms with van der Waals surface area (Å²) in [5, 5.41) is 0.0791. The van der Waals surface area contributed by atoms with Gasteiger partial charge >= 0.3 is 0 Å². The number of nitrogens with zero attached hydrogens (tertiary/aromatic N) is 2. The molecule has 0 aliphatic heterocycles. The maximum Gasteiger partial charge on any atom is 0.165 e. The van der Waals surface area contributed by atoms with Crippen molar-refractivity contribution >= 4 is 56.8 Å². The zero-order valence-electron chi connectivity index (χ0n) is 10.1. The quantitative estimate of drug-likeness (QED) is 0.413. The van der Waals surface area contributed by atoms with Crippen LogP contribution in [0.25, 0.3) is 16.7 Å². The smallest absolute Gasteiger partial charge is 0.165 e. The van der Waals surface area contributed by atoms with E-state index in [1.54, 1.807) is 16.7 Å². The van der Waals surface area contributed by atoms with Gasteiger partial charge in [-0.1, -0.05) is 17.7 Å². The van der Waals surface area contributed by atoms with Gasteiger partial charge in [0.15, 0.2) is 5.82 Å². The van der Waals surface area contributed by atoms with Crippen LogP contribution in [0.4, 0.5) is 4.39 Å². The van der Waals surface area contributed by atoms with E-state index < -0.39 is 5.82 Å². The van der Waals surface area contributed by atoms with E-state index in [0.717, 1.165) is 14.6 Å². The van der Waals surface area contributed by atoms with Crippen molar-refractivity contribution in [3.05, 3.63) is 56.6 Å².